The summed E-state index contributed by atoms with van der Waals surface area (Å²) in [5, 5.41) is 18.2. The van der Waals surface area contributed by atoms with E-state index >= 15 is 0 Å². The Kier molecular flexibility index (Phi) is 5.20. The number of rotatable bonds is 5. The molecule has 5 aromatic rings. The van der Waals surface area contributed by atoms with Gasteiger partial charge in [-0.3, -0.25) is 15.5 Å². The van der Waals surface area contributed by atoms with Crippen LogP contribution < -0.4 is 5.43 Å². The Balaban J connectivity index is 1.58. The number of hydrazone groups is 1. The molecule has 0 atom stereocenters. The van der Waals surface area contributed by atoms with Crippen molar-refractivity contribution in [2.45, 2.75) is 0 Å². The van der Waals surface area contributed by atoms with Crippen molar-refractivity contribution in [3.8, 4) is 11.3 Å². The molecule has 0 aliphatic carbocycles. The number of fused-ring (bicyclic) bond motifs is 3. The average molecular weight is 436 g/mol. The summed E-state index contributed by atoms with van der Waals surface area (Å²) in [5.41, 5.74) is 6.70. The Morgan fingerprint density at radius 1 is 0.909 bits per heavy atom. The van der Waals surface area contributed by atoms with E-state index in [1.165, 1.54) is 24.3 Å². The van der Waals surface area contributed by atoms with Gasteiger partial charge in [0.2, 0.25) is 0 Å². The molecule has 33 heavy (non-hydrogen) atoms. The SMILES string of the molecule is O=[N+]([O-])c1ccc(N/N=C/c2cc(-c3ccc(F)cc3)nc3c2ccc2ccccc23)cc1. The fraction of sp³-hybridized carbons (Fsp3) is 0. The highest BCUT2D eigenvalue weighted by Gasteiger charge is 2.10. The summed E-state index contributed by atoms with van der Waals surface area (Å²) in [7, 11) is 0. The number of benzene rings is 4. The molecule has 1 heterocycles. The van der Waals surface area contributed by atoms with Crippen LogP contribution in [0.5, 0.6) is 0 Å². The largest absolute Gasteiger partial charge is 0.278 e. The first-order valence-corrected chi connectivity index (χ1v) is 10.2. The van der Waals surface area contributed by atoms with Crippen LogP contribution in [0.1, 0.15) is 5.56 Å². The number of nitro groups is 1. The van der Waals surface area contributed by atoms with Gasteiger partial charge in [-0.25, -0.2) is 9.37 Å². The summed E-state index contributed by atoms with van der Waals surface area (Å²) in [4.78, 5) is 15.3. The first-order valence-electron chi connectivity index (χ1n) is 10.2. The second-order valence-corrected chi connectivity index (χ2v) is 7.46. The molecule has 4 aromatic carbocycles. The molecule has 0 spiro atoms. The first-order chi connectivity index (χ1) is 16.1. The number of halogens is 1. The summed E-state index contributed by atoms with van der Waals surface area (Å²) in [6, 6.07) is 26.2. The standard InChI is InChI=1S/C26H17FN4O2/c27-20-8-5-18(6-9-20)25-15-19(16-28-30-21-10-12-22(13-11-21)31(32)33)24-14-7-17-3-1-2-4-23(17)26(24)29-25/h1-16,30H/b28-16+. The minimum absolute atomic E-state index is 0.0143. The first kappa shape index (κ1) is 20.3. The fourth-order valence-electron chi connectivity index (χ4n) is 3.70. The van der Waals surface area contributed by atoms with E-state index in [4.69, 9.17) is 4.98 Å². The molecule has 0 fully saturated rings. The summed E-state index contributed by atoms with van der Waals surface area (Å²) in [6.45, 7) is 0. The number of aromatic nitrogens is 1. The van der Waals surface area contributed by atoms with Crippen molar-refractivity contribution in [3.05, 3.63) is 112 Å². The molecule has 0 saturated heterocycles. The van der Waals surface area contributed by atoms with Crippen LogP contribution >= 0.6 is 0 Å². The number of nitrogens with one attached hydrogen (secondary N) is 1. The Labute approximate surface area is 188 Å². The number of hydrogen-bond donors (Lipinski definition) is 1. The van der Waals surface area contributed by atoms with E-state index in [9.17, 15) is 14.5 Å². The Morgan fingerprint density at radius 3 is 2.42 bits per heavy atom. The van der Waals surface area contributed by atoms with Gasteiger partial charge in [-0.05, 0) is 47.9 Å². The third kappa shape index (κ3) is 4.12. The van der Waals surface area contributed by atoms with Crippen LogP contribution in [0.3, 0.4) is 0 Å². The maximum Gasteiger partial charge on any atom is 0.269 e. The van der Waals surface area contributed by atoms with Gasteiger partial charge in [0.1, 0.15) is 5.82 Å². The van der Waals surface area contributed by atoms with E-state index in [-0.39, 0.29) is 11.5 Å². The van der Waals surface area contributed by atoms with Crippen LogP contribution in [0, 0.1) is 15.9 Å². The molecule has 1 N–H and O–H groups in total. The molecule has 0 aliphatic rings. The van der Waals surface area contributed by atoms with Gasteiger partial charge in [-0.2, -0.15) is 5.10 Å². The number of hydrogen-bond acceptors (Lipinski definition) is 5. The van der Waals surface area contributed by atoms with Crippen LogP contribution in [-0.2, 0) is 0 Å². The Bertz CT molecular complexity index is 1510. The van der Waals surface area contributed by atoms with Crippen molar-refractivity contribution >= 4 is 39.3 Å². The number of non-ortho nitro benzene ring substituents is 1. The summed E-state index contributed by atoms with van der Waals surface area (Å²) in [5.74, 6) is -0.306. The van der Waals surface area contributed by atoms with E-state index in [1.807, 2.05) is 42.5 Å². The molecule has 5 rings (SSSR count). The molecule has 6 nitrogen and oxygen atoms in total. The highest BCUT2D eigenvalue weighted by Crippen LogP contribution is 2.29. The van der Waals surface area contributed by atoms with Crippen LogP contribution in [0.2, 0.25) is 0 Å². The molecule has 0 aliphatic heterocycles. The van der Waals surface area contributed by atoms with Crippen molar-refractivity contribution in [1.29, 1.82) is 0 Å². The van der Waals surface area contributed by atoms with E-state index in [2.05, 4.69) is 10.5 Å². The smallest absolute Gasteiger partial charge is 0.269 e. The van der Waals surface area contributed by atoms with Gasteiger partial charge in [0.05, 0.1) is 28.0 Å². The zero-order valence-corrected chi connectivity index (χ0v) is 17.3. The van der Waals surface area contributed by atoms with Gasteiger partial charge in [-0.1, -0.05) is 36.4 Å². The predicted molar refractivity (Wildman–Crippen MR) is 129 cm³/mol. The highest BCUT2D eigenvalue weighted by molar-refractivity contribution is 6.11. The van der Waals surface area contributed by atoms with E-state index in [1.54, 1.807) is 30.5 Å². The normalized spacial score (nSPS) is 11.3. The van der Waals surface area contributed by atoms with E-state index in [0.29, 0.717) is 11.4 Å². The summed E-state index contributed by atoms with van der Waals surface area (Å²) >= 11 is 0. The van der Waals surface area contributed by atoms with Crippen molar-refractivity contribution in [2.24, 2.45) is 5.10 Å². The molecule has 0 unspecified atom stereocenters. The monoisotopic (exact) mass is 436 g/mol. The molecule has 0 amide bonds. The number of pyridine rings is 1. The minimum Gasteiger partial charge on any atom is -0.278 e. The predicted octanol–water partition coefficient (Wildman–Crippen LogP) is 6.55. The molecule has 1 aromatic heterocycles. The van der Waals surface area contributed by atoms with Crippen molar-refractivity contribution in [2.75, 3.05) is 5.43 Å². The second kappa shape index (κ2) is 8.47. The minimum atomic E-state index is -0.447. The molecule has 160 valence electrons. The van der Waals surface area contributed by atoms with Gasteiger partial charge in [0, 0.05) is 34.0 Å². The van der Waals surface area contributed by atoms with Crippen molar-refractivity contribution < 1.29 is 9.31 Å². The van der Waals surface area contributed by atoms with Crippen LogP contribution in [0.15, 0.2) is 96.1 Å². The topological polar surface area (TPSA) is 80.4 Å². The summed E-state index contributed by atoms with van der Waals surface area (Å²) < 4.78 is 13.5. The lowest BCUT2D eigenvalue weighted by atomic mass is 10.0. The lowest BCUT2D eigenvalue weighted by Crippen LogP contribution is -1.96. The molecular weight excluding hydrogens is 419 g/mol. The Morgan fingerprint density at radius 2 is 1.67 bits per heavy atom. The van der Waals surface area contributed by atoms with E-state index in [0.717, 1.165) is 32.8 Å². The van der Waals surface area contributed by atoms with Crippen LogP contribution in [-0.4, -0.2) is 16.1 Å². The molecular formula is C26H17FN4O2. The lowest BCUT2D eigenvalue weighted by molar-refractivity contribution is -0.384. The van der Waals surface area contributed by atoms with Crippen LogP contribution in [0.25, 0.3) is 32.9 Å². The number of anilines is 1. The van der Waals surface area contributed by atoms with Crippen molar-refractivity contribution in [3.63, 3.8) is 0 Å². The number of nitrogens with zero attached hydrogens (tertiary/aromatic N) is 3. The summed E-state index contributed by atoms with van der Waals surface area (Å²) in [6.07, 6.45) is 1.69. The lowest BCUT2D eigenvalue weighted by Gasteiger charge is -2.10. The quantitative estimate of drug-likeness (QED) is 0.147. The highest BCUT2D eigenvalue weighted by atomic mass is 19.1. The average Bonchev–Trinajstić information content (AvgIpc) is 2.84. The maximum absolute atomic E-state index is 13.5. The maximum atomic E-state index is 13.5. The fourth-order valence-corrected chi connectivity index (χ4v) is 3.70. The zero-order chi connectivity index (χ0) is 22.8. The van der Waals surface area contributed by atoms with Crippen molar-refractivity contribution in [1.82, 2.24) is 4.98 Å². The van der Waals surface area contributed by atoms with Crippen LogP contribution in [0.4, 0.5) is 15.8 Å². The van der Waals surface area contributed by atoms with Gasteiger partial charge < -0.3 is 0 Å². The van der Waals surface area contributed by atoms with Gasteiger partial charge in [0.25, 0.3) is 5.69 Å². The molecule has 7 heteroatoms. The zero-order valence-electron chi connectivity index (χ0n) is 17.3. The molecule has 0 bridgehead atoms. The van der Waals surface area contributed by atoms with Gasteiger partial charge >= 0.3 is 0 Å². The number of nitro benzene ring substituents is 1. The van der Waals surface area contributed by atoms with Gasteiger partial charge in [0.15, 0.2) is 0 Å². The van der Waals surface area contributed by atoms with E-state index < -0.39 is 4.92 Å². The third-order valence-corrected chi connectivity index (χ3v) is 5.35. The Hall–Kier alpha value is -4.65. The second-order valence-electron chi connectivity index (χ2n) is 7.46. The molecule has 0 saturated carbocycles. The third-order valence-electron chi connectivity index (χ3n) is 5.35. The molecule has 0 radical (unpaired) electrons. The van der Waals surface area contributed by atoms with Gasteiger partial charge in [-0.15, -0.1) is 0 Å².